The van der Waals surface area contributed by atoms with Crippen molar-refractivity contribution < 1.29 is 9.90 Å². The van der Waals surface area contributed by atoms with Crippen molar-refractivity contribution in [2.45, 2.75) is 32.3 Å². The Hall–Kier alpha value is -3.06. The Kier molecular flexibility index (Phi) is 6.13. The van der Waals surface area contributed by atoms with E-state index in [2.05, 4.69) is 48.3 Å². The highest BCUT2D eigenvalue weighted by atomic mass is 32.2. The van der Waals surface area contributed by atoms with Gasteiger partial charge in [0.05, 0.1) is 11.4 Å². The summed E-state index contributed by atoms with van der Waals surface area (Å²) in [6, 6.07) is 13.5. The Morgan fingerprint density at radius 1 is 1.10 bits per heavy atom. The first-order chi connectivity index (χ1) is 14.9. The number of aryl methyl sites for hydroxylation is 3. The smallest absolute Gasteiger partial charge is 0.233 e. The Balaban J connectivity index is 1.42. The minimum Gasteiger partial charge on any atom is -0.508 e. The summed E-state index contributed by atoms with van der Waals surface area (Å²) in [5, 5.41) is 18.7. The Morgan fingerprint density at radius 2 is 1.87 bits per heavy atom. The average molecular weight is 435 g/mol. The number of carbonyl (C=O) groups excluding carboxylic acids is 1. The molecule has 1 aliphatic rings. The Bertz CT molecular complexity index is 1130. The van der Waals surface area contributed by atoms with Crippen molar-refractivity contribution in [3.63, 3.8) is 0 Å². The SMILES string of the molecule is Cc1ccc(C)c(-n2c(C)nnc2SCC(=O)N2CC=C(c3ccc(O)cc3)CC2)c1. The summed E-state index contributed by atoms with van der Waals surface area (Å²) in [6.07, 6.45) is 2.90. The van der Waals surface area contributed by atoms with Gasteiger partial charge in [0, 0.05) is 13.1 Å². The van der Waals surface area contributed by atoms with Crippen molar-refractivity contribution in [1.29, 1.82) is 0 Å². The number of aromatic hydroxyl groups is 1. The van der Waals surface area contributed by atoms with E-state index in [1.54, 1.807) is 12.1 Å². The van der Waals surface area contributed by atoms with Crippen LogP contribution in [0.3, 0.4) is 0 Å². The zero-order chi connectivity index (χ0) is 22.0. The predicted octanol–water partition coefficient (Wildman–Crippen LogP) is 4.31. The number of thioether (sulfide) groups is 1. The zero-order valence-corrected chi connectivity index (χ0v) is 18.8. The van der Waals surface area contributed by atoms with Crippen LogP contribution < -0.4 is 0 Å². The second-order valence-corrected chi connectivity index (χ2v) is 8.75. The number of hydrogen-bond acceptors (Lipinski definition) is 5. The van der Waals surface area contributed by atoms with Crippen LogP contribution in [0.25, 0.3) is 11.3 Å². The molecule has 3 aromatic rings. The largest absolute Gasteiger partial charge is 0.508 e. The predicted molar refractivity (Wildman–Crippen MR) is 124 cm³/mol. The minimum absolute atomic E-state index is 0.0965. The highest BCUT2D eigenvalue weighted by molar-refractivity contribution is 7.99. The summed E-state index contributed by atoms with van der Waals surface area (Å²) in [6.45, 7) is 7.35. The molecule has 0 fully saturated rings. The van der Waals surface area contributed by atoms with Crippen LogP contribution in [0.2, 0.25) is 0 Å². The molecule has 0 spiro atoms. The maximum atomic E-state index is 12.8. The van der Waals surface area contributed by atoms with E-state index in [1.165, 1.54) is 22.9 Å². The third-order valence-electron chi connectivity index (χ3n) is 5.53. The summed E-state index contributed by atoms with van der Waals surface area (Å²) in [4.78, 5) is 14.7. The van der Waals surface area contributed by atoms with E-state index in [0.717, 1.165) is 34.2 Å². The van der Waals surface area contributed by atoms with E-state index in [1.807, 2.05) is 28.5 Å². The minimum atomic E-state index is 0.0965. The number of hydrogen-bond donors (Lipinski definition) is 1. The monoisotopic (exact) mass is 434 g/mol. The fourth-order valence-corrected chi connectivity index (χ4v) is 4.62. The number of nitrogens with zero attached hydrogens (tertiary/aromatic N) is 4. The van der Waals surface area contributed by atoms with Crippen LogP contribution in [0.15, 0.2) is 53.7 Å². The standard InChI is InChI=1S/C24H26N4O2S/c1-16-4-5-17(2)22(14-16)28-18(3)25-26-24(28)31-15-23(30)27-12-10-20(11-13-27)19-6-8-21(29)9-7-19/h4-10,14,29H,11-13,15H2,1-3H3. The van der Waals surface area contributed by atoms with Gasteiger partial charge in [0.25, 0.3) is 0 Å². The van der Waals surface area contributed by atoms with Crippen molar-refractivity contribution in [2.75, 3.05) is 18.8 Å². The first kappa shape index (κ1) is 21.2. The molecule has 0 saturated heterocycles. The third-order valence-corrected chi connectivity index (χ3v) is 6.44. The lowest BCUT2D eigenvalue weighted by Gasteiger charge is -2.26. The van der Waals surface area contributed by atoms with Crippen LogP contribution in [0, 0.1) is 20.8 Å². The van der Waals surface area contributed by atoms with Crippen LogP contribution >= 0.6 is 11.8 Å². The van der Waals surface area contributed by atoms with Crippen molar-refractivity contribution in [3.05, 3.63) is 71.1 Å². The molecule has 0 aliphatic carbocycles. The molecule has 160 valence electrons. The van der Waals surface area contributed by atoms with E-state index < -0.39 is 0 Å². The molecule has 31 heavy (non-hydrogen) atoms. The summed E-state index contributed by atoms with van der Waals surface area (Å²) < 4.78 is 2.03. The molecule has 1 N–H and O–H groups in total. The maximum Gasteiger partial charge on any atom is 0.233 e. The Labute approximate surface area is 186 Å². The fraction of sp³-hybridized carbons (Fsp3) is 0.292. The van der Waals surface area contributed by atoms with Gasteiger partial charge in [-0.25, -0.2) is 0 Å². The molecule has 0 radical (unpaired) electrons. The van der Waals surface area contributed by atoms with E-state index in [9.17, 15) is 9.90 Å². The fourth-order valence-electron chi connectivity index (χ4n) is 3.73. The number of aromatic nitrogens is 3. The molecule has 2 heterocycles. The lowest BCUT2D eigenvalue weighted by Crippen LogP contribution is -2.35. The van der Waals surface area contributed by atoms with Crippen molar-refractivity contribution in [2.24, 2.45) is 0 Å². The van der Waals surface area contributed by atoms with Gasteiger partial charge < -0.3 is 10.0 Å². The first-order valence-corrected chi connectivity index (χ1v) is 11.3. The molecule has 0 atom stereocenters. The molecule has 1 aromatic heterocycles. The van der Waals surface area contributed by atoms with Crippen LogP contribution in [0.5, 0.6) is 5.75 Å². The average Bonchev–Trinajstić information content (AvgIpc) is 3.14. The highest BCUT2D eigenvalue weighted by Crippen LogP contribution is 2.27. The van der Waals surface area contributed by atoms with Crippen LogP contribution in [-0.4, -0.2) is 49.5 Å². The van der Waals surface area contributed by atoms with Crippen LogP contribution in [-0.2, 0) is 4.79 Å². The quantitative estimate of drug-likeness (QED) is 0.606. The maximum absolute atomic E-state index is 12.8. The van der Waals surface area contributed by atoms with E-state index >= 15 is 0 Å². The molecule has 1 amide bonds. The van der Waals surface area contributed by atoms with Gasteiger partial charge in [-0.15, -0.1) is 10.2 Å². The summed E-state index contributed by atoms with van der Waals surface area (Å²) >= 11 is 1.43. The number of rotatable bonds is 5. The lowest BCUT2D eigenvalue weighted by atomic mass is 9.99. The second-order valence-electron chi connectivity index (χ2n) is 7.81. The van der Waals surface area contributed by atoms with Gasteiger partial charge in [-0.1, -0.05) is 42.1 Å². The molecule has 7 heteroatoms. The molecule has 0 unspecified atom stereocenters. The second kappa shape index (κ2) is 8.98. The number of phenols is 1. The van der Waals surface area contributed by atoms with Gasteiger partial charge in [-0.05, 0) is 67.7 Å². The molecule has 4 rings (SSSR count). The lowest BCUT2D eigenvalue weighted by molar-refractivity contribution is -0.127. The van der Waals surface area contributed by atoms with Gasteiger partial charge >= 0.3 is 0 Å². The van der Waals surface area contributed by atoms with Gasteiger partial charge in [0.1, 0.15) is 11.6 Å². The molecule has 6 nitrogen and oxygen atoms in total. The highest BCUT2D eigenvalue weighted by Gasteiger charge is 2.20. The van der Waals surface area contributed by atoms with E-state index in [-0.39, 0.29) is 11.7 Å². The number of benzene rings is 2. The van der Waals surface area contributed by atoms with E-state index in [0.29, 0.717) is 18.8 Å². The van der Waals surface area contributed by atoms with Gasteiger partial charge in [-0.3, -0.25) is 9.36 Å². The molecule has 0 bridgehead atoms. The zero-order valence-electron chi connectivity index (χ0n) is 18.0. The van der Waals surface area contributed by atoms with E-state index in [4.69, 9.17) is 0 Å². The number of carbonyl (C=O) groups is 1. The van der Waals surface area contributed by atoms with Gasteiger partial charge in [0.2, 0.25) is 5.91 Å². The number of amides is 1. The van der Waals surface area contributed by atoms with Gasteiger partial charge in [0.15, 0.2) is 5.16 Å². The number of phenolic OH excluding ortho intramolecular Hbond substituents is 1. The molecule has 1 aliphatic heterocycles. The topological polar surface area (TPSA) is 71.2 Å². The summed E-state index contributed by atoms with van der Waals surface area (Å²) in [7, 11) is 0. The normalized spacial score (nSPS) is 13.9. The van der Waals surface area contributed by atoms with Crippen molar-refractivity contribution in [1.82, 2.24) is 19.7 Å². The molecule has 0 saturated carbocycles. The van der Waals surface area contributed by atoms with Crippen LogP contribution in [0.4, 0.5) is 0 Å². The summed E-state index contributed by atoms with van der Waals surface area (Å²) in [5.74, 6) is 1.49. The van der Waals surface area contributed by atoms with Gasteiger partial charge in [-0.2, -0.15) is 0 Å². The van der Waals surface area contributed by atoms with Crippen molar-refractivity contribution >= 4 is 23.2 Å². The van der Waals surface area contributed by atoms with Crippen molar-refractivity contribution in [3.8, 4) is 11.4 Å². The first-order valence-electron chi connectivity index (χ1n) is 10.3. The molecular weight excluding hydrogens is 408 g/mol. The Morgan fingerprint density at radius 3 is 2.58 bits per heavy atom. The molecule has 2 aromatic carbocycles. The summed E-state index contributed by atoms with van der Waals surface area (Å²) in [5.41, 5.74) is 5.67. The third kappa shape index (κ3) is 4.66. The van der Waals surface area contributed by atoms with Crippen LogP contribution in [0.1, 0.15) is 28.9 Å². The molecular formula is C24H26N4O2S.